The topological polar surface area (TPSA) is 49.3 Å². The standard InChI is InChI=1S/C6H9F4NO2/c1-3(2-12)11-5(13)6(9,10)4(7)8/h3-4,12H,2H2,1H3,(H,11,13). The first-order valence-electron chi connectivity index (χ1n) is 3.40. The van der Waals surface area contributed by atoms with E-state index in [1.807, 2.05) is 0 Å². The average molecular weight is 203 g/mol. The van der Waals surface area contributed by atoms with Crippen LogP contribution in [0.5, 0.6) is 0 Å². The molecule has 0 saturated heterocycles. The van der Waals surface area contributed by atoms with Gasteiger partial charge in [0.05, 0.1) is 6.61 Å². The van der Waals surface area contributed by atoms with Crippen LogP contribution in [-0.4, -0.2) is 36.0 Å². The summed E-state index contributed by atoms with van der Waals surface area (Å²) in [6.07, 6.45) is -4.04. The van der Waals surface area contributed by atoms with Crippen molar-refractivity contribution in [1.82, 2.24) is 5.32 Å². The van der Waals surface area contributed by atoms with Crippen molar-refractivity contribution in [1.29, 1.82) is 0 Å². The molecule has 0 aliphatic carbocycles. The van der Waals surface area contributed by atoms with E-state index in [2.05, 4.69) is 0 Å². The molecule has 1 atom stereocenters. The van der Waals surface area contributed by atoms with Gasteiger partial charge in [-0.1, -0.05) is 0 Å². The van der Waals surface area contributed by atoms with Gasteiger partial charge in [0.25, 0.3) is 5.91 Å². The number of halogens is 4. The maximum absolute atomic E-state index is 12.2. The highest BCUT2D eigenvalue weighted by atomic mass is 19.3. The zero-order valence-corrected chi connectivity index (χ0v) is 6.73. The summed E-state index contributed by atoms with van der Waals surface area (Å²) in [6, 6.07) is -0.975. The Morgan fingerprint density at radius 3 is 2.31 bits per heavy atom. The second-order valence-corrected chi connectivity index (χ2v) is 2.48. The minimum absolute atomic E-state index is 0.592. The van der Waals surface area contributed by atoms with Crippen molar-refractivity contribution in [3.63, 3.8) is 0 Å². The lowest BCUT2D eigenvalue weighted by atomic mass is 10.3. The predicted molar refractivity (Wildman–Crippen MR) is 35.6 cm³/mol. The molecule has 0 spiro atoms. The van der Waals surface area contributed by atoms with Gasteiger partial charge in [0.2, 0.25) is 0 Å². The fourth-order valence-corrected chi connectivity index (χ4v) is 0.465. The smallest absolute Gasteiger partial charge is 0.383 e. The molecule has 0 heterocycles. The molecule has 0 aliphatic heterocycles. The molecular formula is C6H9F4NO2. The van der Waals surface area contributed by atoms with Gasteiger partial charge in [-0.05, 0) is 6.92 Å². The van der Waals surface area contributed by atoms with E-state index in [9.17, 15) is 22.4 Å². The van der Waals surface area contributed by atoms with Crippen molar-refractivity contribution in [2.24, 2.45) is 0 Å². The summed E-state index contributed by atoms with van der Waals surface area (Å²) in [5, 5.41) is 9.87. The zero-order valence-electron chi connectivity index (χ0n) is 6.73. The molecule has 7 heteroatoms. The summed E-state index contributed by atoms with van der Waals surface area (Å²) < 4.78 is 47.5. The summed E-state index contributed by atoms with van der Waals surface area (Å²) in [5.74, 6) is -6.78. The second-order valence-electron chi connectivity index (χ2n) is 2.48. The molecule has 0 aromatic carbocycles. The van der Waals surface area contributed by atoms with E-state index in [1.54, 1.807) is 0 Å². The largest absolute Gasteiger partial charge is 0.394 e. The van der Waals surface area contributed by atoms with Crippen LogP contribution in [-0.2, 0) is 4.79 Å². The number of hydrogen-bond donors (Lipinski definition) is 2. The van der Waals surface area contributed by atoms with Crippen molar-refractivity contribution in [2.45, 2.75) is 25.3 Å². The van der Waals surface area contributed by atoms with Gasteiger partial charge in [0.15, 0.2) is 0 Å². The molecule has 0 rings (SSSR count). The van der Waals surface area contributed by atoms with Crippen LogP contribution in [0.15, 0.2) is 0 Å². The van der Waals surface area contributed by atoms with Crippen LogP contribution in [0.2, 0.25) is 0 Å². The number of rotatable bonds is 4. The van der Waals surface area contributed by atoms with Crippen molar-refractivity contribution < 1.29 is 27.5 Å². The molecule has 1 amide bonds. The van der Waals surface area contributed by atoms with Crippen LogP contribution in [0, 0.1) is 0 Å². The molecule has 0 fully saturated rings. The van der Waals surface area contributed by atoms with Crippen LogP contribution in [0.25, 0.3) is 0 Å². The van der Waals surface area contributed by atoms with Gasteiger partial charge in [0, 0.05) is 6.04 Å². The van der Waals surface area contributed by atoms with Crippen molar-refractivity contribution in [2.75, 3.05) is 6.61 Å². The molecule has 0 bridgehead atoms. The molecule has 1 unspecified atom stereocenters. The molecule has 3 nitrogen and oxygen atoms in total. The van der Waals surface area contributed by atoms with E-state index in [0.717, 1.165) is 0 Å². The van der Waals surface area contributed by atoms with E-state index in [0.29, 0.717) is 0 Å². The van der Waals surface area contributed by atoms with Crippen LogP contribution >= 0.6 is 0 Å². The van der Waals surface area contributed by atoms with Gasteiger partial charge in [-0.15, -0.1) is 0 Å². The third-order valence-corrected chi connectivity index (χ3v) is 1.23. The van der Waals surface area contributed by atoms with Crippen molar-refractivity contribution in [3.05, 3.63) is 0 Å². The van der Waals surface area contributed by atoms with E-state index >= 15 is 0 Å². The van der Waals surface area contributed by atoms with Crippen LogP contribution in [0.1, 0.15) is 6.92 Å². The summed E-state index contributed by atoms with van der Waals surface area (Å²) in [6.45, 7) is 0.616. The number of aliphatic hydroxyl groups is 1. The summed E-state index contributed by atoms with van der Waals surface area (Å²) in [7, 11) is 0. The molecular weight excluding hydrogens is 194 g/mol. The van der Waals surface area contributed by atoms with Gasteiger partial charge in [0.1, 0.15) is 0 Å². The van der Waals surface area contributed by atoms with E-state index in [-0.39, 0.29) is 0 Å². The Labute approximate surface area is 71.7 Å². The molecule has 0 saturated carbocycles. The first-order valence-corrected chi connectivity index (χ1v) is 3.40. The Balaban J connectivity index is 4.25. The summed E-state index contributed by atoms with van der Waals surface area (Å²) >= 11 is 0. The van der Waals surface area contributed by atoms with Gasteiger partial charge < -0.3 is 10.4 Å². The molecule has 0 aromatic rings. The van der Waals surface area contributed by atoms with Gasteiger partial charge in [-0.25, -0.2) is 8.78 Å². The lowest BCUT2D eigenvalue weighted by molar-refractivity contribution is -0.170. The van der Waals surface area contributed by atoms with Crippen LogP contribution < -0.4 is 5.32 Å². The third-order valence-electron chi connectivity index (χ3n) is 1.23. The summed E-state index contributed by atoms with van der Waals surface area (Å²) in [5.41, 5.74) is 0. The fraction of sp³-hybridized carbons (Fsp3) is 0.833. The number of amides is 1. The highest BCUT2D eigenvalue weighted by Crippen LogP contribution is 2.22. The highest BCUT2D eigenvalue weighted by Gasteiger charge is 2.49. The molecule has 2 N–H and O–H groups in total. The van der Waals surface area contributed by atoms with Crippen LogP contribution in [0.3, 0.4) is 0 Å². The number of carbonyl (C=O) groups excluding carboxylic acids is 1. The predicted octanol–water partition coefficient (Wildman–Crippen LogP) is 0.384. The Hall–Kier alpha value is -0.850. The van der Waals surface area contributed by atoms with E-state index in [4.69, 9.17) is 5.11 Å². The fourth-order valence-electron chi connectivity index (χ4n) is 0.465. The maximum atomic E-state index is 12.2. The number of hydrogen-bond acceptors (Lipinski definition) is 2. The van der Waals surface area contributed by atoms with Crippen LogP contribution in [0.4, 0.5) is 17.6 Å². The lowest BCUT2D eigenvalue weighted by Crippen LogP contribution is -2.49. The minimum atomic E-state index is -4.70. The Morgan fingerprint density at radius 2 is 2.00 bits per heavy atom. The zero-order chi connectivity index (χ0) is 10.6. The monoisotopic (exact) mass is 203 g/mol. The first-order chi connectivity index (χ1) is 5.82. The highest BCUT2D eigenvalue weighted by molar-refractivity contribution is 5.84. The van der Waals surface area contributed by atoms with Crippen molar-refractivity contribution >= 4 is 5.91 Å². The molecule has 13 heavy (non-hydrogen) atoms. The van der Waals surface area contributed by atoms with E-state index in [1.165, 1.54) is 12.2 Å². The lowest BCUT2D eigenvalue weighted by Gasteiger charge is -2.17. The Morgan fingerprint density at radius 1 is 1.54 bits per heavy atom. The quantitative estimate of drug-likeness (QED) is 0.649. The number of nitrogens with one attached hydrogen (secondary N) is 1. The first kappa shape index (κ1) is 12.2. The van der Waals surface area contributed by atoms with Gasteiger partial charge in [-0.3, -0.25) is 4.79 Å². The van der Waals surface area contributed by atoms with Crippen molar-refractivity contribution in [3.8, 4) is 0 Å². The number of carbonyl (C=O) groups is 1. The number of alkyl halides is 4. The molecule has 0 aromatic heterocycles. The molecule has 0 aliphatic rings. The second kappa shape index (κ2) is 4.40. The maximum Gasteiger partial charge on any atom is 0.383 e. The Bertz CT molecular complexity index is 185. The average Bonchev–Trinajstić information content (AvgIpc) is 2.03. The van der Waals surface area contributed by atoms with Gasteiger partial charge in [-0.2, -0.15) is 8.78 Å². The molecule has 0 radical (unpaired) electrons. The SMILES string of the molecule is CC(CO)NC(=O)C(F)(F)C(F)F. The number of aliphatic hydroxyl groups excluding tert-OH is 1. The van der Waals surface area contributed by atoms with E-state index < -0.39 is 30.9 Å². The minimum Gasteiger partial charge on any atom is -0.394 e. The van der Waals surface area contributed by atoms with Gasteiger partial charge >= 0.3 is 12.3 Å². The normalized spacial score (nSPS) is 14.4. The molecule has 78 valence electrons. The summed E-state index contributed by atoms with van der Waals surface area (Å²) in [4.78, 5) is 10.4. The Kier molecular flexibility index (Phi) is 4.12. The third kappa shape index (κ3) is 3.17.